The minimum Gasteiger partial charge on any atom is -0.482 e. The number of para-hydroxylation sites is 1. The van der Waals surface area contributed by atoms with Gasteiger partial charge in [0.1, 0.15) is 23.0 Å². The first-order valence-corrected chi connectivity index (χ1v) is 11.7. The molecule has 0 spiro atoms. The van der Waals surface area contributed by atoms with Crippen LogP contribution in [0.4, 0.5) is 11.4 Å². The Morgan fingerprint density at radius 3 is 2.69 bits per heavy atom. The molecule has 1 saturated heterocycles. The fraction of sp³-hybridized carbons (Fsp3) is 0.385. The van der Waals surface area contributed by atoms with Gasteiger partial charge in [-0.1, -0.05) is 12.1 Å². The molecule has 0 saturated carbocycles. The van der Waals surface area contributed by atoms with Crippen molar-refractivity contribution in [2.45, 2.75) is 32.5 Å². The molecular weight excluding hydrogens is 444 g/mol. The number of benzene rings is 1. The Balaban J connectivity index is 1.46. The number of fused-ring (bicyclic) bond motifs is 2. The van der Waals surface area contributed by atoms with E-state index in [1.54, 1.807) is 41.8 Å². The fourth-order valence-corrected chi connectivity index (χ4v) is 5.12. The molecule has 1 fully saturated rings. The summed E-state index contributed by atoms with van der Waals surface area (Å²) in [5.74, 6) is 0.674. The number of carbonyl (C=O) groups excluding carboxylic acids is 1. The largest absolute Gasteiger partial charge is 0.482 e. The summed E-state index contributed by atoms with van der Waals surface area (Å²) < 4.78 is 7.23. The Kier molecular flexibility index (Phi) is 5.69. The van der Waals surface area contributed by atoms with Crippen LogP contribution in [-0.2, 0) is 18.4 Å². The Morgan fingerprint density at radius 2 is 1.91 bits per heavy atom. The molecule has 5 rings (SSSR count). The summed E-state index contributed by atoms with van der Waals surface area (Å²) in [4.78, 5) is 35.8. The molecule has 180 valence electrons. The Hall–Kier alpha value is -3.90. The molecular formula is C26H28N6O3. The van der Waals surface area contributed by atoms with E-state index < -0.39 is 0 Å². The van der Waals surface area contributed by atoms with Gasteiger partial charge in [-0.05, 0) is 37.6 Å². The third kappa shape index (κ3) is 3.90. The van der Waals surface area contributed by atoms with E-state index in [-0.39, 0.29) is 30.2 Å². The van der Waals surface area contributed by atoms with E-state index in [4.69, 9.17) is 4.74 Å². The van der Waals surface area contributed by atoms with Crippen LogP contribution in [0.25, 0.3) is 11.0 Å². The van der Waals surface area contributed by atoms with Crippen molar-refractivity contribution in [1.29, 1.82) is 5.26 Å². The van der Waals surface area contributed by atoms with Crippen LogP contribution in [0, 0.1) is 11.3 Å². The van der Waals surface area contributed by atoms with Crippen molar-refractivity contribution in [2.75, 3.05) is 36.5 Å². The molecule has 0 N–H and O–H groups in total. The predicted octanol–water partition coefficient (Wildman–Crippen LogP) is 2.26. The van der Waals surface area contributed by atoms with Crippen LogP contribution in [0.1, 0.15) is 25.1 Å². The van der Waals surface area contributed by atoms with Gasteiger partial charge < -0.3 is 19.1 Å². The highest BCUT2D eigenvalue weighted by Crippen LogP contribution is 2.36. The van der Waals surface area contributed by atoms with Gasteiger partial charge in [0, 0.05) is 51.9 Å². The smallest absolute Gasteiger partial charge is 0.264 e. The van der Waals surface area contributed by atoms with Gasteiger partial charge in [-0.2, -0.15) is 5.26 Å². The second kappa shape index (κ2) is 8.71. The Morgan fingerprint density at radius 1 is 1.11 bits per heavy atom. The number of nitrogens with zero attached hydrogens (tertiary/aromatic N) is 6. The normalized spacial score (nSPS) is 20.5. The zero-order valence-corrected chi connectivity index (χ0v) is 20.4. The predicted molar refractivity (Wildman–Crippen MR) is 134 cm³/mol. The topological polar surface area (TPSA) is 94.7 Å². The van der Waals surface area contributed by atoms with Gasteiger partial charge in [-0.15, -0.1) is 0 Å². The molecule has 35 heavy (non-hydrogen) atoms. The number of aryl methyl sites for hydroxylation is 1. The van der Waals surface area contributed by atoms with Crippen molar-refractivity contribution in [1.82, 2.24) is 14.5 Å². The lowest BCUT2D eigenvalue weighted by Gasteiger charge is -2.45. The van der Waals surface area contributed by atoms with E-state index in [1.165, 1.54) is 0 Å². The lowest BCUT2D eigenvalue weighted by molar-refractivity contribution is -0.121. The molecule has 0 bridgehead atoms. The van der Waals surface area contributed by atoms with Crippen LogP contribution in [0.2, 0.25) is 0 Å². The zero-order chi connectivity index (χ0) is 24.9. The molecule has 9 nitrogen and oxygen atoms in total. The molecule has 2 aromatic heterocycles. The van der Waals surface area contributed by atoms with E-state index in [0.29, 0.717) is 29.8 Å². The number of hydrogen-bond donors (Lipinski definition) is 0. The lowest BCUT2D eigenvalue weighted by Crippen LogP contribution is -2.56. The number of anilines is 2. The maximum Gasteiger partial charge on any atom is 0.264 e. The van der Waals surface area contributed by atoms with Gasteiger partial charge in [0.25, 0.3) is 11.5 Å². The summed E-state index contributed by atoms with van der Waals surface area (Å²) in [5, 5.41) is 9.38. The highest BCUT2D eigenvalue weighted by atomic mass is 16.5. The molecule has 0 radical (unpaired) electrons. The summed E-state index contributed by atoms with van der Waals surface area (Å²) in [5.41, 5.74) is 4.22. The first-order chi connectivity index (χ1) is 16.8. The number of aromatic nitrogens is 2. The van der Waals surface area contributed by atoms with Crippen molar-refractivity contribution in [3.05, 3.63) is 58.0 Å². The third-order valence-electron chi connectivity index (χ3n) is 7.12. The lowest BCUT2D eigenvalue weighted by atomic mass is 10.0. The van der Waals surface area contributed by atoms with Gasteiger partial charge in [-0.3, -0.25) is 14.5 Å². The van der Waals surface area contributed by atoms with Crippen LogP contribution in [-0.4, -0.2) is 59.2 Å². The molecule has 1 aromatic carbocycles. The van der Waals surface area contributed by atoms with Crippen molar-refractivity contribution < 1.29 is 9.53 Å². The third-order valence-corrected chi connectivity index (χ3v) is 7.12. The first kappa shape index (κ1) is 22.9. The van der Waals surface area contributed by atoms with Crippen LogP contribution in [0.5, 0.6) is 5.75 Å². The number of likely N-dealkylation sites (N-methyl/N-ethyl adjacent to an activating group) is 1. The maximum absolute atomic E-state index is 12.7. The van der Waals surface area contributed by atoms with Gasteiger partial charge in [0.15, 0.2) is 6.61 Å². The second-order valence-corrected chi connectivity index (χ2v) is 9.39. The van der Waals surface area contributed by atoms with Gasteiger partial charge >= 0.3 is 0 Å². The number of ether oxygens (including phenoxy) is 1. The number of rotatable bonds is 3. The zero-order valence-electron chi connectivity index (χ0n) is 20.4. The molecule has 3 aromatic rings. The Labute approximate surface area is 203 Å². The van der Waals surface area contributed by atoms with Crippen LogP contribution >= 0.6 is 0 Å². The standard InChI is InChI=1S/C26H28N6O3/c1-16-13-32(21-10-23(33)29(3)20-9-8-19(11-27)28-25(20)21)17(2)12-31(16)14-18-6-5-7-22-26(18)30(4)24(34)15-35-22/h5-10,16-17H,12-15H2,1-4H3/t16-,17+/m1/s1. The quantitative estimate of drug-likeness (QED) is 0.577. The van der Waals surface area contributed by atoms with Crippen LogP contribution in [0.3, 0.4) is 0 Å². The molecule has 1 amide bonds. The Bertz CT molecular complexity index is 1430. The summed E-state index contributed by atoms with van der Waals surface area (Å²) in [6.45, 7) is 6.50. The molecule has 2 aliphatic rings. The summed E-state index contributed by atoms with van der Waals surface area (Å²) in [7, 11) is 3.51. The van der Waals surface area contributed by atoms with Gasteiger partial charge in [0.2, 0.25) is 0 Å². The molecule has 4 heterocycles. The molecule has 9 heteroatoms. The highest BCUT2D eigenvalue weighted by molar-refractivity contribution is 5.98. The minimum atomic E-state index is -0.107. The average Bonchev–Trinajstić information content (AvgIpc) is 2.85. The SMILES string of the molecule is C[C@@H]1CN(c2cc(=O)n(C)c3ccc(C#N)nc23)[C@@H](C)CN1Cc1cccc2c1N(C)C(=O)CO2. The molecule has 0 aliphatic carbocycles. The summed E-state index contributed by atoms with van der Waals surface area (Å²) in [6.07, 6.45) is 0. The number of nitriles is 1. The second-order valence-electron chi connectivity index (χ2n) is 9.39. The molecule has 0 unspecified atom stereocenters. The van der Waals surface area contributed by atoms with E-state index in [0.717, 1.165) is 29.2 Å². The maximum atomic E-state index is 12.7. The monoisotopic (exact) mass is 472 g/mol. The number of amides is 1. The average molecular weight is 473 g/mol. The van der Waals surface area contributed by atoms with Gasteiger partial charge in [0.05, 0.1) is 16.9 Å². The van der Waals surface area contributed by atoms with Crippen LogP contribution < -0.4 is 20.1 Å². The van der Waals surface area contributed by atoms with Crippen molar-refractivity contribution in [3.8, 4) is 11.8 Å². The fourth-order valence-electron chi connectivity index (χ4n) is 5.12. The highest BCUT2D eigenvalue weighted by Gasteiger charge is 2.33. The van der Waals surface area contributed by atoms with Crippen molar-refractivity contribution in [2.24, 2.45) is 7.05 Å². The van der Waals surface area contributed by atoms with E-state index in [1.807, 2.05) is 18.2 Å². The van der Waals surface area contributed by atoms with E-state index in [9.17, 15) is 14.9 Å². The van der Waals surface area contributed by atoms with E-state index >= 15 is 0 Å². The molecule has 2 atom stereocenters. The van der Waals surface area contributed by atoms with Crippen LogP contribution in [0.15, 0.2) is 41.2 Å². The van der Waals surface area contributed by atoms with Crippen molar-refractivity contribution >= 4 is 28.3 Å². The first-order valence-electron chi connectivity index (χ1n) is 11.7. The van der Waals surface area contributed by atoms with E-state index in [2.05, 4.69) is 34.7 Å². The summed E-state index contributed by atoms with van der Waals surface area (Å²) in [6, 6.07) is 13.3. The summed E-state index contributed by atoms with van der Waals surface area (Å²) >= 11 is 0. The molecule has 2 aliphatic heterocycles. The minimum absolute atomic E-state index is 0.0574. The number of piperazine rings is 1. The number of hydrogen-bond acceptors (Lipinski definition) is 7. The number of carbonyl (C=O) groups is 1. The number of pyridine rings is 2. The van der Waals surface area contributed by atoms with Crippen molar-refractivity contribution in [3.63, 3.8) is 0 Å². The van der Waals surface area contributed by atoms with Gasteiger partial charge in [-0.25, -0.2) is 4.98 Å².